The predicted octanol–water partition coefficient (Wildman–Crippen LogP) is 1.35. The monoisotopic (exact) mass is 422 g/mol. The van der Waals surface area contributed by atoms with Gasteiger partial charge in [-0.3, -0.25) is 14.4 Å². The van der Waals surface area contributed by atoms with Gasteiger partial charge >= 0.3 is 0 Å². The fourth-order valence-electron chi connectivity index (χ4n) is 3.55. The Labute approximate surface area is 173 Å². The van der Waals surface area contributed by atoms with Crippen molar-refractivity contribution in [1.29, 1.82) is 0 Å². The molecular formula is C20H19F2N3O5. The van der Waals surface area contributed by atoms with E-state index in [1.54, 1.807) is 6.92 Å². The lowest BCUT2D eigenvalue weighted by Gasteiger charge is -2.44. The molecule has 0 saturated carbocycles. The second kappa shape index (κ2) is 7.52. The molecule has 2 N–H and O–H groups in total. The van der Waals surface area contributed by atoms with Gasteiger partial charge < -0.3 is 24.6 Å². The molecule has 10 heteroatoms. The zero-order valence-corrected chi connectivity index (χ0v) is 15.7. The van der Waals surface area contributed by atoms with Crippen LogP contribution in [0.15, 0.2) is 29.2 Å². The third-order valence-corrected chi connectivity index (χ3v) is 5.09. The molecule has 2 aromatic rings. The van der Waals surface area contributed by atoms with Gasteiger partial charge in [-0.25, -0.2) is 8.78 Å². The number of hydrogen-bond donors (Lipinski definition) is 2. The van der Waals surface area contributed by atoms with Gasteiger partial charge in [0, 0.05) is 30.3 Å². The summed E-state index contributed by atoms with van der Waals surface area (Å²) < 4.78 is 57.6. The van der Waals surface area contributed by atoms with Crippen LogP contribution >= 0.6 is 0 Å². The van der Waals surface area contributed by atoms with Crippen LogP contribution in [0.2, 0.25) is 0 Å². The molecule has 3 heterocycles. The minimum Gasteiger partial charge on any atom is -0.503 e. The van der Waals surface area contributed by atoms with Gasteiger partial charge in [-0.05, 0) is 19.4 Å². The van der Waals surface area contributed by atoms with Crippen LogP contribution in [0.25, 0.3) is 0 Å². The Balaban J connectivity index is 1.70. The lowest BCUT2D eigenvalue weighted by molar-refractivity contribution is -0.112. The Hall–Kier alpha value is -3.27. The van der Waals surface area contributed by atoms with Gasteiger partial charge in [-0.2, -0.15) is 0 Å². The highest BCUT2D eigenvalue weighted by Crippen LogP contribution is 2.29. The van der Waals surface area contributed by atoms with E-state index >= 15 is 0 Å². The van der Waals surface area contributed by atoms with E-state index in [1.165, 1.54) is 9.47 Å². The summed E-state index contributed by atoms with van der Waals surface area (Å²) >= 11 is 0. The van der Waals surface area contributed by atoms with E-state index in [0.29, 0.717) is 19.1 Å². The number of rotatable bonds is 3. The molecule has 2 atom stereocenters. The summed E-state index contributed by atoms with van der Waals surface area (Å²) in [5.74, 6) is -5.66. The number of carbonyl (C=O) groups excluding carboxylic acids is 2. The highest BCUT2D eigenvalue weighted by atomic mass is 19.1. The number of aromatic nitrogens is 1. The van der Waals surface area contributed by atoms with Crippen molar-refractivity contribution in [3.05, 3.63) is 63.1 Å². The highest BCUT2D eigenvalue weighted by molar-refractivity contribution is 5.99. The van der Waals surface area contributed by atoms with Gasteiger partial charge in [0.15, 0.2) is 17.7 Å². The summed E-state index contributed by atoms with van der Waals surface area (Å²) in [6.45, 7) is -0.714. The molecule has 0 spiro atoms. The molecule has 30 heavy (non-hydrogen) atoms. The minimum atomic E-state index is -2.93. The number of amides is 2. The van der Waals surface area contributed by atoms with Crippen molar-refractivity contribution in [2.75, 3.05) is 6.61 Å². The van der Waals surface area contributed by atoms with Crippen LogP contribution in [0.4, 0.5) is 8.78 Å². The molecule has 2 aliphatic heterocycles. The van der Waals surface area contributed by atoms with Crippen LogP contribution in [-0.2, 0) is 17.8 Å². The van der Waals surface area contributed by atoms with Crippen molar-refractivity contribution in [2.24, 2.45) is 0 Å². The molecule has 2 amide bonds. The predicted molar refractivity (Wildman–Crippen MR) is 99.9 cm³/mol. The van der Waals surface area contributed by atoms with Gasteiger partial charge in [0.25, 0.3) is 11.8 Å². The second-order valence-electron chi connectivity index (χ2n) is 7.01. The van der Waals surface area contributed by atoms with Crippen LogP contribution in [0.3, 0.4) is 0 Å². The van der Waals surface area contributed by atoms with E-state index in [2.05, 4.69) is 0 Å². The third kappa shape index (κ3) is 3.32. The first kappa shape index (κ1) is 16.5. The van der Waals surface area contributed by atoms with Gasteiger partial charge in [0.1, 0.15) is 17.2 Å². The van der Waals surface area contributed by atoms with E-state index in [0.717, 1.165) is 12.3 Å². The van der Waals surface area contributed by atoms with Crippen LogP contribution in [0.5, 0.6) is 5.75 Å². The normalized spacial score (nSPS) is 22.4. The molecule has 1 unspecified atom stereocenters. The van der Waals surface area contributed by atoms with Gasteiger partial charge in [0.2, 0.25) is 5.43 Å². The molecule has 1 aromatic carbocycles. The van der Waals surface area contributed by atoms with Crippen molar-refractivity contribution in [3.8, 4) is 5.75 Å². The fraction of sp³-hybridized carbons (Fsp3) is 0.350. The number of carbonyl (C=O) groups is 2. The summed E-state index contributed by atoms with van der Waals surface area (Å²) in [7, 11) is 0. The minimum absolute atomic E-state index is 0.0151. The van der Waals surface area contributed by atoms with Gasteiger partial charge in [-0.15, -0.1) is 0 Å². The smallest absolute Gasteiger partial charge is 0.276 e. The van der Waals surface area contributed by atoms with Crippen LogP contribution in [-0.4, -0.2) is 45.3 Å². The summed E-state index contributed by atoms with van der Waals surface area (Å²) in [6, 6.07) is 0.0335. The average Bonchev–Trinajstić information content (AvgIpc) is 2.73. The molecule has 0 aliphatic carbocycles. The van der Waals surface area contributed by atoms with Crippen LogP contribution in [0, 0.1) is 11.6 Å². The largest absolute Gasteiger partial charge is 0.503 e. The maximum absolute atomic E-state index is 14.2. The van der Waals surface area contributed by atoms with Crippen molar-refractivity contribution in [1.82, 2.24) is 14.8 Å². The van der Waals surface area contributed by atoms with E-state index in [1.807, 2.05) is 5.32 Å². The summed E-state index contributed by atoms with van der Waals surface area (Å²) in [5, 5.41) is 12.2. The first-order chi connectivity index (χ1) is 15.4. The highest BCUT2D eigenvalue weighted by Gasteiger charge is 2.41. The van der Waals surface area contributed by atoms with E-state index < -0.39 is 64.5 Å². The third-order valence-electron chi connectivity index (χ3n) is 5.09. The molecule has 1 saturated heterocycles. The molecule has 8 nitrogen and oxygen atoms in total. The van der Waals surface area contributed by atoms with Crippen molar-refractivity contribution >= 4 is 11.8 Å². The summed E-state index contributed by atoms with van der Waals surface area (Å²) in [6.07, 6.45) is 0.891. The van der Waals surface area contributed by atoms with E-state index in [9.17, 15) is 28.3 Å². The average molecular weight is 422 g/mol. The molecule has 4 rings (SSSR count). The zero-order chi connectivity index (χ0) is 24.2. The second-order valence-corrected chi connectivity index (χ2v) is 7.01. The number of halogens is 2. The number of pyridine rings is 1. The molecule has 0 radical (unpaired) electrons. The number of benzene rings is 1. The molecule has 0 bridgehead atoms. The van der Waals surface area contributed by atoms with Crippen LogP contribution in [0.1, 0.15) is 43.9 Å². The fourth-order valence-corrected chi connectivity index (χ4v) is 3.55. The lowest BCUT2D eigenvalue weighted by atomic mass is 10.1. The Kier molecular flexibility index (Phi) is 4.14. The molecule has 2 aliphatic rings. The summed E-state index contributed by atoms with van der Waals surface area (Å²) in [4.78, 5) is 39.7. The summed E-state index contributed by atoms with van der Waals surface area (Å²) in [5.41, 5.74) is -3.05. The lowest BCUT2D eigenvalue weighted by Crippen LogP contribution is -2.57. The Morgan fingerprint density at radius 2 is 2.20 bits per heavy atom. The first-order valence-electron chi connectivity index (χ1n) is 10.6. The standard InChI is InChI=1S/C20H19F2N3O5/c1-10-4-5-30-15-9-24-8-13(17(26)18(27)16(24)20(29)25(10)15)19(28)23-7-11-2-3-12(21)6-14(11)22/h2-3,6,8,10,15,27H,4-5,7,9H2,1H3,(H,23,28)/t10-,15?/m1/s1/i6D,7D2. The number of aromatic hydroxyl groups is 1. The SMILES string of the molecule is [2H]c1c(F)ccc(C([2H])([2H])NC(=O)c2cn3c(c(O)c2=O)C(=O)N2C(C3)OCC[C@H]2C)c1F. The topological polar surface area (TPSA) is 101 Å². The van der Waals surface area contributed by atoms with Crippen molar-refractivity contribution in [3.63, 3.8) is 0 Å². The van der Waals surface area contributed by atoms with Crippen molar-refractivity contribution < 1.29 is 32.3 Å². The van der Waals surface area contributed by atoms with Gasteiger partial charge in [-0.1, -0.05) is 6.07 Å². The molecule has 1 aromatic heterocycles. The quantitative estimate of drug-likeness (QED) is 0.778. The van der Waals surface area contributed by atoms with Crippen LogP contribution < -0.4 is 10.7 Å². The maximum atomic E-state index is 14.2. The number of hydrogen-bond acceptors (Lipinski definition) is 5. The number of nitrogens with one attached hydrogen (secondary N) is 1. The Morgan fingerprint density at radius 3 is 2.97 bits per heavy atom. The molecular weight excluding hydrogens is 400 g/mol. The molecule has 158 valence electrons. The maximum Gasteiger partial charge on any atom is 0.276 e. The van der Waals surface area contributed by atoms with Crippen molar-refractivity contribution in [2.45, 2.75) is 38.7 Å². The van der Waals surface area contributed by atoms with E-state index in [4.69, 9.17) is 8.85 Å². The van der Waals surface area contributed by atoms with E-state index in [-0.39, 0.29) is 18.3 Å². The molecule has 1 fully saturated rings. The first-order valence-corrected chi connectivity index (χ1v) is 9.12. The van der Waals surface area contributed by atoms with Gasteiger partial charge in [0.05, 0.1) is 17.3 Å². The number of ether oxygens (including phenoxy) is 1. The zero-order valence-electron chi connectivity index (χ0n) is 18.7. The Morgan fingerprint density at radius 1 is 1.43 bits per heavy atom. The number of nitrogens with zero attached hydrogens (tertiary/aromatic N) is 2. The number of fused-ring (bicyclic) bond motifs is 2. The Bertz CT molecular complexity index is 1240.